The highest BCUT2D eigenvalue weighted by molar-refractivity contribution is 5.20. The Balaban J connectivity index is 1.86. The van der Waals surface area contributed by atoms with Gasteiger partial charge in [-0.2, -0.15) is 0 Å². The van der Waals surface area contributed by atoms with Crippen molar-refractivity contribution in [1.82, 2.24) is 5.32 Å². The molecule has 1 aliphatic carbocycles. The SMILES string of the molecule is Cc1oc(CNC2CC2)cc1COC(C)C. The summed E-state index contributed by atoms with van der Waals surface area (Å²) in [6.07, 6.45) is 2.88. The molecule has 0 aliphatic heterocycles. The van der Waals surface area contributed by atoms with Crippen LogP contribution in [0.3, 0.4) is 0 Å². The number of hydrogen-bond acceptors (Lipinski definition) is 3. The van der Waals surface area contributed by atoms with Gasteiger partial charge in [0.15, 0.2) is 0 Å². The summed E-state index contributed by atoms with van der Waals surface area (Å²) in [4.78, 5) is 0. The summed E-state index contributed by atoms with van der Waals surface area (Å²) < 4.78 is 11.3. The summed E-state index contributed by atoms with van der Waals surface area (Å²) in [6.45, 7) is 7.58. The molecule has 3 heteroatoms. The van der Waals surface area contributed by atoms with E-state index in [9.17, 15) is 0 Å². The van der Waals surface area contributed by atoms with Crippen molar-refractivity contribution < 1.29 is 9.15 Å². The molecule has 1 N–H and O–H groups in total. The lowest BCUT2D eigenvalue weighted by Crippen LogP contribution is -2.14. The van der Waals surface area contributed by atoms with Crippen LogP contribution in [0.15, 0.2) is 10.5 Å². The van der Waals surface area contributed by atoms with Crippen molar-refractivity contribution in [3.8, 4) is 0 Å². The normalized spacial score (nSPS) is 16.0. The van der Waals surface area contributed by atoms with E-state index >= 15 is 0 Å². The van der Waals surface area contributed by atoms with Crippen LogP contribution in [-0.4, -0.2) is 12.1 Å². The summed E-state index contributed by atoms with van der Waals surface area (Å²) in [7, 11) is 0. The van der Waals surface area contributed by atoms with Crippen molar-refractivity contribution in [2.75, 3.05) is 0 Å². The summed E-state index contributed by atoms with van der Waals surface area (Å²) in [5, 5.41) is 3.44. The van der Waals surface area contributed by atoms with Crippen LogP contribution in [0.4, 0.5) is 0 Å². The highest BCUT2D eigenvalue weighted by atomic mass is 16.5. The van der Waals surface area contributed by atoms with Crippen molar-refractivity contribution in [2.45, 2.75) is 58.9 Å². The maximum absolute atomic E-state index is 5.68. The van der Waals surface area contributed by atoms with E-state index < -0.39 is 0 Å². The molecule has 1 aliphatic rings. The van der Waals surface area contributed by atoms with Gasteiger partial charge in [-0.1, -0.05) is 0 Å². The standard InChI is InChI=1S/C13H21NO2/c1-9(2)15-8-11-6-13(16-10(11)3)7-14-12-4-5-12/h6,9,12,14H,4-5,7-8H2,1-3H3. The van der Waals surface area contributed by atoms with Crippen molar-refractivity contribution in [3.05, 3.63) is 23.2 Å². The van der Waals surface area contributed by atoms with Gasteiger partial charge in [-0.15, -0.1) is 0 Å². The molecule has 1 heterocycles. The Kier molecular flexibility index (Phi) is 3.66. The number of ether oxygens (including phenoxy) is 1. The van der Waals surface area contributed by atoms with E-state index in [1.165, 1.54) is 18.4 Å². The lowest BCUT2D eigenvalue weighted by Gasteiger charge is -2.05. The number of nitrogens with one attached hydrogen (secondary N) is 1. The van der Waals surface area contributed by atoms with Gasteiger partial charge in [-0.05, 0) is 39.7 Å². The lowest BCUT2D eigenvalue weighted by atomic mass is 10.2. The van der Waals surface area contributed by atoms with E-state index in [0.29, 0.717) is 6.61 Å². The molecule has 2 rings (SSSR count). The third-order valence-corrected chi connectivity index (χ3v) is 2.79. The Morgan fingerprint density at radius 2 is 2.25 bits per heavy atom. The van der Waals surface area contributed by atoms with Gasteiger partial charge in [-0.25, -0.2) is 0 Å². The van der Waals surface area contributed by atoms with E-state index in [2.05, 4.69) is 11.4 Å². The molecule has 0 unspecified atom stereocenters. The third-order valence-electron chi connectivity index (χ3n) is 2.79. The topological polar surface area (TPSA) is 34.4 Å². The monoisotopic (exact) mass is 223 g/mol. The van der Waals surface area contributed by atoms with Gasteiger partial charge in [0.2, 0.25) is 0 Å². The number of aryl methyl sites for hydroxylation is 1. The molecule has 0 radical (unpaired) electrons. The zero-order valence-electron chi connectivity index (χ0n) is 10.4. The molecule has 0 amide bonds. The largest absolute Gasteiger partial charge is 0.465 e. The summed E-state index contributed by atoms with van der Waals surface area (Å²) in [6, 6.07) is 2.83. The highest BCUT2D eigenvalue weighted by Crippen LogP contribution is 2.21. The van der Waals surface area contributed by atoms with Crippen LogP contribution >= 0.6 is 0 Å². The quantitative estimate of drug-likeness (QED) is 0.805. The highest BCUT2D eigenvalue weighted by Gasteiger charge is 2.20. The first-order valence-electron chi connectivity index (χ1n) is 6.08. The van der Waals surface area contributed by atoms with Crippen LogP contribution in [0, 0.1) is 6.92 Å². The van der Waals surface area contributed by atoms with Gasteiger partial charge in [-0.3, -0.25) is 0 Å². The molecule has 90 valence electrons. The summed E-state index contributed by atoms with van der Waals surface area (Å²) in [5.74, 6) is 2.00. The van der Waals surface area contributed by atoms with E-state index in [4.69, 9.17) is 9.15 Å². The molecule has 0 aromatic carbocycles. The molecule has 1 aromatic heterocycles. The average molecular weight is 223 g/mol. The van der Waals surface area contributed by atoms with Crippen LogP contribution in [0.25, 0.3) is 0 Å². The Labute approximate surface area is 97.2 Å². The smallest absolute Gasteiger partial charge is 0.118 e. The first kappa shape index (κ1) is 11.7. The van der Waals surface area contributed by atoms with Crippen molar-refractivity contribution in [2.24, 2.45) is 0 Å². The Morgan fingerprint density at radius 3 is 2.88 bits per heavy atom. The molecular weight excluding hydrogens is 202 g/mol. The van der Waals surface area contributed by atoms with Crippen molar-refractivity contribution in [1.29, 1.82) is 0 Å². The molecule has 0 atom stereocenters. The Bertz CT molecular complexity index is 340. The zero-order chi connectivity index (χ0) is 11.5. The Hall–Kier alpha value is -0.800. The molecule has 0 bridgehead atoms. The first-order chi connectivity index (χ1) is 7.65. The number of furan rings is 1. The van der Waals surface area contributed by atoms with Gasteiger partial charge in [0.25, 0.3) is 0 Å². The Morgan fingerprint density at radius 1 is 1.50 bits per heavy atom. The zero-order valence-corrected chi connectivity index (χ0v) is 10.4. The van der Waals surface area contributed by atoms with E-state index in [1.54, 1.807) is 0 Å². The van der Waals surface area contributed by atoms with Gasteiger partial charge in [0.1, 0.15) is 11.5 Å². The predicted octanol–water partition coefficient (Wildman–Crippen LogP) is 2.77. The summed E-state index contributed by atoms with van der Waals surface area (Å²) >= 11 is 0. The van der Waals surface area contributed by atoms with Crippen molar-refractivity contribution in [3.63, 3.8) is 0 Å². The van der Waals surface area contributed by atoms with Gasteiger partial charge in [0.05, 0.1) is 19.3 Å². The van der Waals surface area contributed by atoms with E-state index in [0.717, 1.165) is 24.1 Å². The van der Waals surface area contributed by atoms with Gasteiger partial charge < -0.3 is 14.5 Å². The molecule has 0 spiro atoms. The second kappa shape index (κ2) is 5.02. The second-order valence-corrected chi connectivity index (χ2v) is 4.81. The number of hydrogen-bond donors (Lipinski definition) is 1. The molecule has 1 aromatic rings. The molecule has 3 nitrogen and oxygen atoms in total. The summed E-state index contributed by atoms with van der Waals surface area (Å²) in [5.41, 5.74) is 1.17. The molecular formula is C13H21NO2. The molecule has 1 saturated carbocycles. The van der Waals surface area contributed by atoms with E-state index in [-0.39, 0.29) is 6.10 Å². The molecule has 16 heavy (non-hydrogen) atoms. The number of rotatable bonds is 6. The molecule has 1 fully saturated rings. The fourth-order valence-corrected chi connectivity index (χ4v) is 1.61. The predicted molar refractivity (Wildman–Crippen MR) is 63.2 cm³/mol. The minimum atomic E-state index is 0.266. The fraction of sp³-hybridized carbons (Fsp3) is 0.692. The van der Waals surface area contributed by atoms with E-state index in [1.807, 2.05) is 20.8 Å². The molecule has 0 saturated heterocycles. The third kappa shape index (κ3) is 3.35. The first-order valence-corrected chi connectivity index (χ1v) is 6.08. The minimum absolute atomic E-state index is 0.266. The maximum Gasteiger partial charge on any atom is 0.118 e. The second-order valence-electron chi connectivity index (χ2n) is 4.81. The lowest BCUT2D eigenvalue weighted by molar-refractivity contribution is 0.0650. The minimum Gasteiger partial charge on any atom is -0.465 e. The fourth-order valence-electron chi connectivity index (χ4n) is 1.61. The van der Waals surface area contributed by atoms with Crippen LogP contribution in [0.1, 0.15) is 43.8 Å². The van der Waals surface area contributed by atoms with Crippen LogP contribution in [-0.2, 0) is 17.9 Å². The maximum atomic E-state index is 5.68. The average Bonchev–Trinajstić information content (AvgIpc) is 2.98. The van der Waals surface area contributed by atoms with Crippen molar-refractivity contribution >= 4 is 0 Å². The van der Waals surface area contributed by atoms with Crippen LogP contribution in [0.5, 0.6) is 0 Å². The van der Waals surface area contributed by atoms with Crippen LogP contribution in [0.2, 0.25) is 0 Å². The van der Waals surface area contributed by atoms with Gasteiger partial charge in [0, 0.05) is 11.6 Å². The van der Waals surface area contributed by atoms with Gasteiger partial charge >= 0.3 is 0 Å². The van der Waals surface area contributed by atoms with Crippen LogP contribution < -0.4 is 5.32 Å².